The minimum atomic E-state index is 0.194. The summed E-state index contributed by atoms with van der Waals surface area (Å²) in [6.45, 7) is 2.05. The van der Waals surface area contributed by atoms with Gasteiger partial charge in [0.15, 0.2) is 6.33 Å². The average molecular weight is 215 g/mol. The third kappa shape index (κ3) is 6.40. The highest BCUT2D eigenvalue weighted by Crippen LogP contribution is 1.97. The predicted molar refractivity (Wildman–Crippen MR) is 47.9 cm³/mol. The molecule has 1 aromatic heterocycles. The van der Waals surface area contributed by atoms with E-state index in [1.54, 1.807) is 22.4 Å². The molecule has 0 aliphatic heterocycles. The first-order chi connectivity index (χ1) is 5.35. The Hall–Kier alpha value is -0.000000000000000111. The second-order valence-electron chi connectivity index (χ2n) is 1.23. The molecule has 0 saturated carbocycles. The second kappa shape index (κ2) is 8.10. The van der Waals surface area contributed by atoms with E-state index < -0.39 is 0 Å². The Balaban J connectivity index is 0.000000292. The average Bonchev–Trinajstić information content (AvgIpc) is 2.42. The second-order valence-corrected chi connectivity index (χ2v) is 3.25. The van der Waals surface area contributed by atoms with Crippen molar-refractivity contribution in [3.63, 3.8) is 0 Å². The van der Waals surface area contributed by atoms with E-state index in [2.05, 4.69) is 15.5 Å². The van der Waals surface area contributed by atoms with Crippen molar-refractivity contribution in [3.05, 3.63) is 6.33 Å². The molecule has 1 rings (SSSR count). The number of tetrazole rings is 1. The Morgan fingerprint density at radius 1 is 1.55 bits per heavy atom. The maximum Gasteiger partial charge on any atom is 0.150 e. The summed E-state index contributed by atoms with van der Waals surface area (Å²) >= 11 is 11.1. The van der Waals surface area contributed by atoms with Gasteiger partial charge in [0.2, 0.25) is 0 Å². The molecule has 0 spiro atoms. The van der Waals surface area contributed by atoms with Crippen molar-refractivity contribution in [2.75, 3.05) is 11.1 Å². The molecule has 0 aliphatic rings. The van der Waals surface area contributed by atoms with Gasteiger partial charge in [-0.25, -0.2) is 0 Å². The number of rotatable bonds is 2. The Morgan fingerprint density at radius 2 is 2.18 bits per heavy atom. The molecular weight excluding hydrogens is 207 g/mol. The Bertz CT molecular complexity index is 157. The summed E-state index contributed by atoms with van der Waals surface area (Å²) in [6.07, 6.45) is 1.58. The van der Waals surface area contributed by atoms with Crippen LogP contribution in [0.1, 0.15) is 6.92 Å². The van der Waals surface area contributed by atoms with E-state index in [0.717, 1.165) is 5.75 Å². The van der Waals surface area contributed by atoms with Crippen LogP contribution in [-0.4, -0.2) is 30.7 Å². The van der Waals surface area contributed by atoms with Crippen molar-refractivity contribution in [3.8, 4) is 0 Å². The van der Waals surface area contributed by atoms with Crippen molar-refractivity contribution >= 4 is 35.1 Å². The van der Waals surface area contributed by atoms with Gasteiger partial charge in [-0.15, -0.1) is 28.3 Å². The van der Waals surface area contributed by atoms with Crippen LogP contribution < -0.4 is 0 Å². The van der Waals surface area contributed by atoms with Crippen LogP contribution in [0, 0.1) is 0 Å². The zero-order valence-corrected chi connectivity index (χ0v) is 8.27. The first-order valence-electron chi connectivity index (χ1n) is 2.83. The van der Waals surface area contributed by atoms with Gasteiger partial charge in [0.25, 0.3) is 0 Å². The first-order valence-corrected chi connectivity index (χ1v) is 4.84. The number of halogens is 2. The molecule has 0 atom stereocenters. The highest BCUT2D eigenvalue weighted by Gasteiger charge is 1.86. The predicted octanol–water partition coefficient (Wildman–Crippen LogP) is 1.61. The van der Waals surface area contributed by atoms with Gasteiger partial charge in [-0.2, -0.15) is 4.09 Å². The maximum absolute atomic E-state index is 4.76. The zero-order chi connectivity index (χ0) is 8.53. The van der Waals surface area contributed by atoms with Gasteiger partial charge < -0.3 is 0 Å². The van der Waals surface area contributed by atoms with E-state index in [-0.39, 0.29) is 5.34 Å². The van der Waals surface area contributed by atoms with Crippen molar-refractivity contribution in [2.24, 2.45) is 0 Å². The maximum atomic E-state index is 4.76. The topological polar surface area (TPSA) is 43.6 Å². The minimum absolute atomic E-state index is 0.194. The summed E-state index contributed by atoms with van der Waals surface area (Å²) in [7, 11) is 0. The molecule has 0 radical (unpaired) electrons. The van der Waals surface area contributed by atoms with Gasteiger partial charge in [-0.1, -0.05) is 6.92 Å². The van der Waals surface area contributed by atoms with Gasteiger partial charge in [0, 0.05) is 5.75 Å². The Kier molecular flexibility index (Phi) is 8.10. The van der Waals surface area contributed by atoms with Gasteiger partial charge in [-0.05, 0) is 22.4 Å². The standard InChI is InChI=1S/C3H6N4S.CH2Cl2/c1-2-8-7-3-4-5-6-7;2-1-3/h3H,2H2,1H3;1H2. The molecule has 0 saturated heterocycles. The third-order valence-electron chi connectivity index (χ3n) is 0.592. The molecule has 1 aromatic rings. The molecule has 0 amide bonds. The Morgan fingerprint density at radius 3 is 2.55 bits per heavy atom. The lowest BCUT2D eigenvalue weighted by molar-refractivity contribution is 0.853. The van der Waals surface area contributed by atoms with Gasteiger partial charge in [0.1, 0.15) is 0 Å². The highest BCUT2D eigenvalue weighted by atomic mass is 35.5. The van der Waals surface area contributed by atoms with Crippen LogP contribution in [-0.2, 0) is 0 Å². The number of hydrogen-bond donors (Lipinski definition) is 0. The summed E-state index contributed by atoms with van der Waals surface area (Å²) in [5.41, 5.74) is 0. The lowest BCUT2D eigenvalue weighted by Gasteiger charge is -1.87. The molecule has 0 aliphatic carbocycles. The normalized spacial score (nSPS) is 8.64. The van der Waals surface area contributed by atoms with E-state index in [9.17, 15) is 0 Å². The summed E-state index contributed by atoms with van der Waals surface area (Å²) < 4.78 is 1.62. The van der Waals surface area contributed by atoms with Crippen LogP contribution in [0.2, 0.25) is 0 Å². The molecule has 0 aromatic carbocycles. The van der Waals surface area contributed by atoms with Gasteiger partial charge >= 0.3 is 0 Å². The molecular formula is C4H8Cl2N4S. The largest absolute Gasteiger partial charge is 0.174 e. The fraction of sp³-hybridized carbons (Fsp3) is 0.750. The van der Waals surface area contributed by atoms with Crippen molar-refractivity contribution in [1.82, 2.24) is 19.6 Å². The van der Waals surface area contributed by atoms with Crippen LogP contribution in [0.4, 0.5) is 0 Å². The summed E-state index contributed by atoms with van der Waals surface area (Å²) in [5.74, 6) is 0.991. The molecule has 0 fully saturated rings. The van der Waals surface area contributed by atoms with Gasteiger partial charge in [0.05, 0.1) is 5.34 Å². The van der Waals surface area contributed by atoms with Gasteiger partial charge in [-0.3, -0.25) is 0 Å². The lowest BCUT2D eigenvalue weighted by Crippen LogP contribution is -1.86. The number of aromatic nitrogens is 4. The van der Waals surface area contributed by atoms with Crippen molar-refractivity contribution in [1.29, 1.82) is 0 Å². The van der Waals surface area contributed by atoms with E-state index in [4.69, 9.17) is 23.2 Å². The van der Waals surface area contributed by atoms with Crippen molar-refractivity contribution in [2.45, 2.75) is 6.92 Å². The van der Waals surface area contributed by atoms with Crippen LogP contribution in [0.15, 0.2) is 6.33 Å². The Labute approximate surface area is 79.4 Å². The molecule has 11 heavy (non-hydrogen) atoms. The summed E-state index contributed by atoms with van der Waals surface area (Å²) in [5, 5.41) is 10.7. The summed E-state index contributed by atoms with van der Waals surface area (Å²) in [4.78, 5) is 0. The molecule has 0 unspecified atom stereocenters. The molecule has 0 bridgehead atoms. The molecule has 1 heterocycles. The fourth-order valence-electron chi connectivity index (χ4n) is 0.344. The monoisotopic (exact) mass is 214 g/mol. The third-order valence-corrected chi connectivity index (χ3v) is 1.28. The molecule has 64 valence electrons. The SMILES string of the molecule is CCSn1cnnn1.ClCCl. The first kappa shape index (κ1) is 11.0. The number of nitrogens with zero attached hydrogens (tertiary/aromatic N) is 4. The molecule has 4 nitrogen and oxygen atoms in total. The van der Waals surface area contributed by atoms with Crippen LogP contribution in [0.3, 0.4) is 0 Å². The fourth-order valence-corrected chi connectivity index (χ4v) is 0.802. The quantitative estimate of drug-likeness (QED) is 0.703. The van der Waals surface area contributed by atoms with Crippen molar-refractivity contribution < 1.29 is 0 Å². The van der Waals surface area contributed by atoms with E-state index >= 15 is 0 Å². The van der Waals surface area contributed by atoms with E-state index in [1.807, 2.05) is 6.92 Å². The summed E-state index contributed by atoms with van der Waals surface area (Å²) in [6, 6.07) is 0. The smallest absolute Gasteiger partial charge is 0.150 e. The zero-order valence-electron chi connectivity index (χ0n) is 5.94. The number of hydrogen-bond acceptors (Lipinski definition) is 4. The van der Waals surface area contributed by atoms with E-state index in [0.29, 0.717) is 0 Å². The molecule has 0 N–H and O–H groups in total. The van der Waals surface area contributed by atoms with Crippen LogP contribution in [0.25, 0.3) is 0 Å². The minimum Gasteiger partial charge on any atom is -0.174 e. The van der Waals surface area contributed by atoms with Crippen LogP contribution >= 0.6 is 35.1 Å². The lowest BCUT2D eigenvalue weighted by atomic mass is 11.0. The number of alkyl halides is 2. The molecule has 7 heteroatoms. The van der Waals surface area contributed by atoms with Crippen LogP contribution in [0.5, 0.6) is 0 Å². The van der Waals surface area contributed by atoms with E-state index in [1.165, 1.54) is 0 Å². The highest BCUT2D eigenvalue weighted by molar-refractivity contribution is 7.97.